The van der Waals surface area contributed by atoms with Gasteiger partial charge in [0.2, 0.25) is 0 Å². The van der Waals surface area contributed by atoms with Crippen molar-refractivity contribution in [2.75, 3.05) is 20.2 Å². The number of nitrogens with zero attached hydrogens (tertiary/aromatic N) is 1. The number of aliphatic hydroxyl groups excluding tert-OH is 1. The summed E-state index contributed by atoms with van der Waals surface area (Å²) < 4.78 is 5.93. The third-order valence-corrected chi connectivity index (χ3v) is 4.15. The molecule has 1 atom stereocenters. The second-order valence-corrected chi connectivity index (χ2v) is 6.41. The Kier molecular flexibility index (Phi) is 5.31. The number of benzene rings is 2. The van der Waals surface area contributed by atoms with Crippen molar-refractivity contribution >= 4 is 10.9 Å². The van der Waals surface area contributed by atoms with Crippen LogP contribution in [0, 0.1) is 13.8 Å². The molecule has 0 spiro atoms. The smallest absolute Gasteiger partial charge is 0.131 e. The SMILES string of the molecule is CNCC(O)COc1cc(-c2ccc(C)cc2)nc2cc(C)ccc12. The third kappa shape index (κ3) is 4.16. The van der Waals surface area contributed by atoms with Gasteiger partial charge in [0.15, 0.2) is 0 Å². The first-order chi connectivity index (χ1) is 12.1. The molecule has 1 aromatic heterocycles. The highest BCUT2D eigenvalue weighted by molar-refractivity contribution is 5.88. The third-order valence-electron chi connectivity index (χ3n) is 4.15. The number of hydrogen-bond donors (Lipinski definition) is 2. The van der Waals surface area contributed by atoms with E-state index >= 15 is 0 Å². The van der Waals surface area contributed by atoms with Gasteiger partial charge in [-0.3, -0.25) is 0 Å². The van der Waals surface area contributed by atoms with Crippen LogP contribution >= 0.6 is 0 Å². The standard InChI is InChI=1S/C21H24N2O2/c1-14-4-7-16(8-5-14)19-11-21(25-13-17(24)12-22-3)18-9-6-15(2)10-20(18)23-19/h4-11,17,22,24H,12-13H2,1-3H3. The normalized spacial score (nSPS) is 12.3. The van der Waals surface area contributed by atoms with E-state index in [-0.39, 0.29) is 6.61 Å². The van der Waals surface area contributed by atoms with E-state index in [9.17, 15) is 5.11 Å². The number of hydrogen-bond acceptors (Lipinski definition) is 4. The molecule has 3 aromatic rings. The van der Waals surface area contributed by atoms with Crippen molar-refractivity contribution in [1.29, 1.82) is 0 Å². The molecule has 0 aliphatic rings. The average Bonchev–Trinajstić information content (AvgIpc) is 2.60. The molecular weight excluding hydrogens is 312 g/mol. The number of aryl methyl sites for hydroxylation is 2. The highest BCUT2D eigenvalue weighted by Gasteiger charge is 2.11. The summed E-state index contributed by atoms with van der Waals surface area (Å²) >= 11 is 0. The van der Waals surface area contributed by atoms with E-state index in [2.05, 4.69) is 49.5 Å². The number of aliphatic hydroxyl groups is 1. The molecule has 0 aliphatic heterocycles. The van der Waals surface area contributed by atoms with E-state index in [1.54, 1.807) is 0 Å². The fraction of sp³-hybridized carbons (Fsp3) is 0.286. The summed E-state index contributed by atoms with van der Waals surface area (Å²) in [6.45, 7) is 4.85. The van der Waals surface area contributed by atoms with Gasteiger partial charge in [-0.05, 0) is 38.6 Å². The van der Waals surface area contributed by atoms with Gasteiger partial charge in [-0.1, -0.05) is 35.9 Å². The lowest BCUT2D eigenvalue weighted by Gasteiger charge is -2.15. The van der Waals surface area contributed by atoms with Gasteiger partial charge in [-0.15, -0.1) is 0 Å². The Morgan fingerprint density at radius 2 is 1.76 bits per heavy atom. The summed E-state index contributed by atoms with van der Waals surface area (Å²) in [5.41, 5.74) is 5.19. The number of aromatic nitrogens is 1. The van der Waals surface area contributed by atoms with Crippen LogP contribution < -0.4 is 10.1 Å². The Morgan fingerprint density at radius 1 is 1.04 bits per heavy atom. The van der Waals surface area contributed by atoms with Crippen molar-refractivity contribution in [1.82, 2.24) is 10.3 Å². The Bertz CT molecular complexity index is 860. The van der Waals surface area contributed by atoms with Gasteiger partial charge in [-0.2, -0.15) is 0 Å². The lowest BCUT2D eigenvalue weighted by molar-refractivity contribution is 0.109. The van der Waals surface area contributed by atoms with Crippen LogP contribution in [0.25, 0.3) is 22.2 Å². The molecule has 0 radical (unpaired) electrons. The number of likely N-dealkylation sites (N-methyl/N-ethyl adjacent to an activating group) is 1. The lowest BCUT2D eigenvalue weighted by atomic mass is 10.1. The molecule has 130 valence electrons. The number of pyridine rings is 1. The molecule has 3 rings (SSSR count). The summed E-state index contributed by atoms with van der Waals surface area (Å²) in [6.07, 6.45) is -0.554. The van der Waals surface area contributed by atoms with Crippen molar-refractivity contribution in [3.63, 3.8) is 0 Å². The summed E-state index contributed by atoms with van der Waals surface area (Å²) in [5.74, 6) is 0.746. The number of rotatable bonds is 6. The van der Waals surface area contributed by atoms with E-state index < -0.39 is 6.10 Å². The molecule has 1 heterocycles. The van der Waals surface area contributed by atoms with Crippen LogP contribution in [0.2, 0.25) is 0 Å². The van der Waals surface area contributed by atoms with Crippen LogP contribution in [0.4, 0.5) is 0 Å². The Morgan fingerprint density at radius 3 is 2.48 bits per heavy atom. The maximum absolute atomic E-state index is 9.94. The van der Waals surface area contributed by atoms with Crippen molar-refractivity contribution in [3.8, 4) is 17.0 Å². The monoisotopic (exact) mass is 336 g/mol. The van der Waals surface area contributed by atoms with Crippen molar-refractivity contribution in [2.45, 2.75) is 20.0 Å². The molecule has 4 heteroatoms. The second-order valence-electron chi connectivity index (χ2n) is 6.41. The zero-order valence-electron chi connectivity index (χ0n) is 14.9. The summed E-state index contributed by atoms with van der Waals surface area (Å²) in [7, 11) is 1.81. The molecule has 0 bridgehead atoms. The first kappa shape index (κ1) is 17.4. The van der Waals surface area contributed by atoms with Crippen molar-refractivity contribution in [2.24, 2.45) is 0 Å². The van der Waals surface area contributed by atoms with E-state index in [0.717, 1.165) is 33.5 Å². The quantitative estimate of drug-likeness (QED) is 0.724. The Labute approximate surface area is 148 Å². The van der Waals surface area contributed by atoms with Gasteiger partial charge in [0, 0.05) is 23.6 Å². The zero-order valence-corrected chi connectivity index (χ0v) is 14.9. The van der Waals surface area contributed by atoms with Gasteiger partial charge < -0.3 is 15.2 Å². The van der Waals surface area contributed by atoms with Crippen LogP contribution in [0.5, 0.6) is 5.75 Å². The van der Waals surface area contributed by atoms with Gasteiger partial charge in [0.05, 0.1) is 11.2 Å². The highest BCUT2D eigenvalue weighted by Crippen LogP contribution is 2.31. The molecule has 2 N–H and O–H groups in total. The fourth-order valence-electron chi connectivity index (χ4n) is 2.78. The predicted octanol–water partition coefficient (Wildman–Crippen LogP) is 3.48. The van der Waals surface area contributed by atoms with Crippen LogP contribution in [0.1, 0.15) is 11.1 Å². The minimum atomic E-state index is -0.554. The minimum absolute atomic E-state index is 0.237. The predicted molar refractivity (Wildman–Crippen MR) is 102 cm³/mol. The molecule has 0 amide bonds. The van der Waals surface area contributed by atoms with E-state index in [1.807, 2.05) is 25.2 Å². The maximum atomic E-state index is 9.94. The highest BCUT2D eigenvalue weighted by atomic mass is 16.5. The maximum Gasteiger partial charge on any atom is 0.131 e. The summed E-state index contributed by atoms with van der Waals surface area (Å²) in [5, 5.41) is 13.8. The van der Waals surface area contributed by atoms with Crippen molar-refractivity contribution < 1.29 is 9.84 Å². The van der Waals surface area contributed by atoms with Gasteiger partial charge >= 0.3 is 0 Å². The van der Waals surface area contributed by atoms with E-state index in [0.29, 0.717) is 6.54 Å². The fourth-order valence-corrected chi connectivity index (χ4v) is 2.78. The molecular formula is C21H24N2O2. The molecule has 0 aliphatic carbocycles. The zero-order chi connectivity index (χ0) is 17.8. The molecule has 2 aromatic carbocycles. The molecule has 1 unspecified atom stereocenters. The van der Waals surface area contributed by atoms with Crippen LogP contribution in [0.15, 0.2) is 48.5 Å². The average molecular weight is 336 g/mol. The summed E-state index contributed by atoms with van der Waals surface area (Å²) in [4.78, 5) is 4.81. The van der Waals surface area contributed by atoms with Gasteiger partial charge in [0.25, 0.3) is 0 Å². The largest absolute Gasteiger partial charge is 0.490 e. The number of nitrogens with one attached hydrogen (secondary N) is 1. The van der Waals surface area contributed by atoms with Gasteiger partial charge in [0.1, 0.15) is 18.5 Å². The summed E-state index contributed by atoms with van der Waals surface area (Å²) in [6, 6.07) is 16.4. The van der Waals surface area contributed by atoms with Gasteiger partial charge in [-0.25, -0.2) is 4.98 Å². The van der Waals surface area contributed by atoms with Crippen LogP contribution in [0.3, 0.4) is 0 Å². The first-order valence-electron chi connectivity index (χ1n) is 8.51. The molecule has 0 saturated heterocycles. The number of fused-ring (bicyclic) bond motifs is 1. The van der Waals surface area contributed by atoms with E-state index in [1.165, 1.54) is 5.56 Å². The Hall–Kier alpha value is -2.43. The molecule has 0 fully saturated rings. The molecule has 25 heavy (non-hydrogen) atoms. The van der Waals surface area contributed by atoms with Crippen LogP contribution in [-0.2, 0) is 0 Å². The van der Waals surface area contributed by atoms with E-state index in [4.69, 9.17) is 9.72 Å². The molecule has 4 nitrogen and oxygen atoms in total. The number of ether oxygens (including phenoxy) is 1. The first-order valence-corrected chi connectivity index (χ1v) is 8.51. The second kappa shape index (κ2) is 7.64. The minimum Gasteiger partial charge on any atom is -0.490 e. The lowest BCUT2D eigenvalue weighted by Crippen LogP contribution is -2.29. The topological polar surface area (TPSA) is 54.4 Å². The Balaban J connectivity index is 2.02. The van der Waals surface area contributed by atoms with Crippen molar-refractivity contribution in [3.05, 3.63) is 59.7 Å². The molecule has 0 saturated carbocycles. The van der Waals surface area contributed by atoms with Crippen LogP contribution in [-0.4, -0.2) is 36.4 Å².